The first-order valence-corrected chi connectivity index (χ1v) is 8.78. The number of anilines is 2. The van der Waals surface area contributed by atoms with Gasteiger partial charge in [0, 0.05) is 37.5 Å². The van der Waals surface area contributed by atoms with Crippen LogP contribution in [0.5, 0.6) is 5.88 Å². The Bertz CT molecular complexity index is 744. The third-order valence-electron chi connectivity index (χ3n) is 3.97. The molecule has 3 rings (SSSR count). The Morgan fingerprint density at radius 1 is 1.31 bits per heavy atom. The fourth-order valence-electron chi connectivity index (χ4n) is 2.71. The molecule has 1 aromatic carbocycles. The highest BCUT2D eigenvalue weighted by atomic mass is 16.5. The second kappa shape index (κ2) is 9.17. The highest BCUT2D eigenvalue weighted by Gasteiger charge is 2.14. The van der Waals surface area contributed by atoms with Crippen molar-refractivity contribution in [2.75, 3.05) is 49.8 Å². The normalized spacial score (nSPS) is 14.6. The van der Waals surface area contributed by atoms with Crippen molar-refractivity contribution in [2.24, 2.45) is 10.8 Å². The van der Waals surface area contributed by atoms with Gasteiger partial charge in [0.05, 0.1) is 19.4 Å². The minimum absolute atomic E-state index is 0.422. The summed E-state index contributed by atoms with van der Waals surface area (Å²) in [6, 6.07) is 12.0. The standard InChI is InChI=1S/C19H25N5O2/c1-15-3-2-4-16(11-15)14-21-23-18-12-17(24-6-9-25-10-7-24)13-19(22-18)26-8-5-20/h2-4,11-14H,5-10,20H2,1H3,(H,22,23). The molecule has 7 nitrogen and oxygen atoms in total. The van der Waals surface area contributed by atoms with Gasteiger partial charge in [0.15, 0.2) is 5.82 Å². The molecule has 0 radical (unpaired) electrons. The molecule has 3 N–H and O–H groups in total. The highest BCUT2D eigenvalue weighted by Crippen LogP contribution is 2.24. The number of aryl methyl sites for hydroxylation is 1. The van der Waals surface area contributed by atoms with Gasteiger partial charge in [0.2, 0.25) is 5.88 Å². The van der Waals surface area contributed by atoms with E-state index in [1.807, 2.05) is 24.3 Å². The summed E-state index contributed by atoms with van der Waals surface area (Å²) in [6.07, 6.45) is 1.77. The Kier molecular flexibility index (Phi) is 6.40. The summed E-state index contributed by atoms with van der Waals surface area (Å²) in [7, 11) is 0. The number of ether oxygens (including phenoxy) is 2. The largest absolute Gasteiger partial charge is 0.476 e. The molecule has 2 heterocycles. The van der Waals surface area contributed by atoms with Gasteiger partial charge in [-0.15, -0.1) is 0 Å². The quantitative estimate of drug-likeness (QED) is 0.584. The van der Waals surface area contributed by atoms with Crippen molar-refractivity contribution >= 4 is 17.7 Å². The van der Waals surface area contributed by atoms with Crippen molar-refractivity contribution in [2.45, 2.75) is 6.92 Å². The van der Waals surface area contributed by atoms with E-state index in [0.717, 1.165) is 37.6 Å². The zero-order valence-corrected chi connectivity index (χ0v) is 15.0. The summed E-state index contributed by atoms with van der Waals surface area (Å²) < 4.78 is 11.0. The molecule has 1 aromatic heterocycles. The maximum atomic E-state index is 5.62. The van der Waals surface area contributed by atoms with Crippen molar-refractivity contribution in [1.29, 1.82) is 0 Å². The number of morpholine rings is 1. The highest BCUT2D eigenvalue weighted by molar-refractivity contribution is 5.80. The number of benzene rings is 1. The van der Waals surface area contributed by atoms with Crippen molar-refractivity contribution < 1.29 is 9.47 Å². The lowest BCUT2D eigenvalue weighted by atomic mass is 10.2. The zero-order valence-electron chi connectivity index (χ0n) is 15.0. The predicted octanol–water partition coefficient (Wildman–Crippen LogP) is 2.01. The van der Waals surface area contributed by atoms with E-state index < -0.39 is 0 Å². The van der Waals surface area contributed by atoms with Crippen LogP contribution in [0.25, 0.3) is 0 Å². The van der Waals surface area contributed by atoms with Gasteiger partial charge < -0.3 is 20.1 Å². The first kappa shape index (κ1) is 18.2. The zero-order chi connectivity index (χ0) is 18.2. The second-order valence-electron chi connectivity index (χ2n) is 6.07. The lowest BCUT2D eigenvalue weighted by Gasteiger charge is -2.29. The Hall–Kier alpha value is -2.64. The van der Waals surface area contributed by atoms with Crippen LogP contribution in [0.4, 0.5) is 11.5 Å². The van der Waals surface area contributed by atoms with Gasteiger partial charge in [-0.2, -0.15) is 10.1 Å². The average Bonchev–Trinajstić information content (AvgIpc) is 2.67. The molecule has 0 unspecified atom stereocenters. The van der Waals surface area contributed by atoms with Gasteiger partial charge in [-0.3, -0.25) is 5.43 Å². The minimum atomic E-state index is 0.422. The lowest BCUT2D eigenvalue weighted by molar-refractivity contribution is 0.122. The monoisotopic (exact) mass is 355 g/mol. The first-order chi connectivity index (χ1) is 12.7. The number of pyridine rings is 1. The van der Waals surface area contributed by atoms with Crippen LogP contribution in [-0.4, -0.2) is 50.7 Å². The maximum Gasteiger partial charge on any atom is 0.217 e. The Morgan fingerprint density at radius 3 is 2.92 bits per heavy atom. The fourth-order valence-corrected chi connectivity index (χ4v) is 2.71. The predicted molar refractivity (Wildman–Crippen MR) is 104 cm³/mol. The molecule has 0 atom stereocenters. The second-order valence-corrected chi connectivity index (χ2v) is 6.07. The minimum Gasteiger partial charge on any atom is -0.476 e. The molecule has 2 aromatic rings. The number of aromatic nitrogens is 1. The number of nitrogens with zero attached hydrogens (tertiary/aromatic N) is 3. The van der Waals surface area contributed by atoms with E-state index in [1.165, 1.54) is 5.56 Å². The van der Waals surface area contributed by atoms with Crippen LogP contribution in [0, 0.1) is 6.92 Å². The fraction of sp³-hybridized carbons (Fsp3) is 0.368. The van der Waals surface area contributed by atoms with Gasteiger partial charge in [-0.25, -0.2) is 0 Å². The number of hydrazone groups is 1. The Balaban J connectivity index is 1.75. The van der Waals surface area contributed by atoms with E-state index in [9.17, 15) is 0 Å². The summed E-state index contributed by atoms with van der Waals surface area (Å²) >= 11 is 0. The van der Waals surface area contributed by atoms with Gasteiger partial charge in [-0.1, -0.05) is 29.8 Å². The molecule has 7 heteroatoms. The molecule has 1 fully saturated rings. The number of nitrogens with one attached hydrogen (secondary N) is 1. The van der Waals surface area contributed by atoms with Crippen LogP contribution in [-0.2, 0) is 4.74 Å². The van der Waals surface area contributed by atoms with Crippen molar-refractivity contribution in [3.63, 3.8) is 0 Å². The summed E-state index contributed by atoms with van der Waals surface area (Å²) in [5.74, 6) is 1.16. The molecule has 1 aliphatic rings. The summed E-state index contributed by atoms with van der Waals surface area (Å²) in [5, 5.41) is 4.30. The topological polar surface area (TPSA) is 85.0 Å². The van der Waals surface area contributed by atoms with Crippen LogP contribution in [0.1, 0.15) is 11.1 Å². The maximum absolute atomic E-state index is 5.62. The van der Waals surface area contributed by atoms with Crippen molar-refractivity contribution in [1.82, 2.24) is 4.98 Å². The van der Waals surface area contributed by atoms with Crippen LogP contribution >= 0.6 is 0 Å². The molecule has 0 saturated carbocycles. The summed E-state index contributed by atoms with van der Waals surface area (Å²) in [6.45, 7) is 6.03. The number of hydrogen-bond acceptors (Lipinski definition) is 7. The van der Waals surface area contributed by atoms with Crippen LogP contribution in [0.15, 0.2) is 41.5 Å². The van der Waals surface area contributed by atoms with E-state index >= 15 is 0 Å². The molecule has 1 saturated heterocycles. The van der Waals surface area contributed by atoms with E-state index in [1.54, 1.807) is 6.21 Å². The average molecular weight is 355 g/mol. The van der Waals surface area contributed by atoms with Crippen LogP contribution in [0.2, 0.25) is 0 Å². The smallest absolute Gasteiger partial charge is 0.217 e. The molecule has 0 aliphatic carbocycles. The summed E-state index contributed by atoms with van der Waals surface area (Å²) in [5.41, 5.74) is 11.8. The third-order valence-corrected chi connectivity index (χ3v) is 3.97. The lowest BCUT2D eigenvalue weighted by Crippen LogP contribution is -2.36. The van der Waals surface area contributed by atoms with E-state index in [-0.39, 0.29) is 0 Å². The number of hydrogen-bond donors (Lipinski definition) is 2. The van der Waals surface area contributed by atoms with E-state index in [2.05, 4.69) is 39.5 Å². The number of nitrogens with two attached hydrogens (primary N) is 1. The molecule has 0 amide bonds. The molecular weight excluding hydrogens is 330 g/mol. The molecular formula is C19H25N5O2. The Morgan fingerprint density at radius 2 is 2.15 bits per heavy atom. The first-order valence-electron chi connectivity index (χ1n) is 8.78. The molecule has 1 aliphatic heterocycles. The van der Waals surface area contributed by atoms with Gasteiger partial charge in [0.1, 0.15) is 6.61 Å². The third kappa shape index (κ3) is 5.18. The van der Waals surface area contributed by atoms with Crippen LogP contribution < -0.4 is 20.8 Å². The molecule has 138 valence electrons. The van der Waals surface area contributed by atoms with Crippen LogP contribution in [0.3, 0.4) is 0 Å². The summed E-state index contributed by atoms with van der Waals surface area (Å²) in [4.78, 5) is 6.70. The SMILES string of the molecule is Cc1cccc(C=NNc2cc(N3CCOCC3)cc(OCCN)n2)c1. The van der Waals surface area contributed by atoms with E-state index in [0.29, 0.717) is 24.8 Å². The van der Waals surface area contributed by atoms with Crippen molar-refractivity contribution in [3.05, 3.63) is 47.5 Å². The van der Waals surface area contributed by atoms with Crippen molar-refractivity contribution in [3.8, 4) is 5.88 Å². The molecule has 0 spiro atoms. The molecule has 0 bridgehead atoms. The number of rotatable bonds is 7. The Labute approximate surface area is 153 Å². The van der Waals surface area contributed by atoms with Gasteiger partial charge >= 0.3 is 0 Å². The molecule has 26 heavy (non-hydrogen) atoms. The van der Waals surface area contributed by atoms with Gasteiger partial charge in [-0.05, 0) is 12.5 Å². The van der Waals surface area contributed by atoms with E-state index in [4.69, 9.17) is 15.2 Å². The van der Waals surface area contributed by atoms with Gasteiger partial charge in [0.25, 0.3) is 0 Å².